The number of hydrogen-bond donors (Lipinski definition) is 2. The highest BCUT2D eigenvalue weighted by Crippen LogP contribution is 2.43. The molecule has 316 valence electrons. The van der Waals surface area contributed by atoms with E-state index in [0.29, 0.717) is 19.3 Å². The predicted octanol–water partition coefficient (Wildman–Crippen LogP) is 12.0. The van der Waals surface area contributed by atoms with Gasteiger partial charge in [0.1, 0.15) is 6.61 Å². The van der Waals surface area contributed by atoms with Gasteiger partial charge in [-0.2, -0.15) is 0 Å². The van der Waals surface area contributed by atoms with Crippen molar-refractivity contribution in [2.24, 2.45) is 5.73 Å². The van der Waals surface area contributed by atoms with Crippen molar-refractivity contribution < 1.29 is 37.6 Å². The Labute approximate surface area is 339 Å². The first-order valence-electron chi connectivity index (χ1n) is 20.9. The third kappa shape index (κ3) is 40.3. The second kappa shape index (κ2) is 41.3. The van der Waals surface area contributed by atoms with E-state index in [2.05, 4.69) is 117 Å². The maximum Gasteiger partial charge on any atom is 0.472 e. The minimum Gasteiger partial charge on any atom is -0.462 e. The average molecular weight is 800 g/mol. The standard InChI is InChI=1S/C46H74NO8P/c1-3-5-7-9-11-12-13-14-15-16-17-18-19-20-21-22-23-24-25-26-27-28-29-30-31-32-33-35-37-39-46(49)55-44(43-54-56(50,51)53-41-40-47)42-52-45(48)38-36-34-10-8-6-4-2/h5,7,11-12,14-15,17-18,20-21,23-24,26-27,29-30,32-33,44H,3-4,6,8-10,13,16,19,22,25,28,31,34-43,47H2,1-2H3,(H,50,51)/b7-5-,12-11-,15-14-,18-17-,21-20-,24-23-,27-26-,30-29-,33-32-. The van der Waals surface area contributed by atoms with Gasteiger partial charge >= 0.3 is 19.8 Å². The van der Waals surface area contributed by atoms with Gasteiger partial charge in [-0.3, -0.25) is 18.6 Å². The van der Waals surface area contributed by atoms with E-state index in [1.165, 1.54) is 6.42 Å². The van der Waals surface area contributed by atoms with Gasteiger partial charge in [0.15, 0.2) is 6.10 Å². The summed E-state index contributed by atoms with van der Waals surface area (Å²) in [5, 5.41) is 0. The van der Waals surface area contributed by atoms with Gasteiger partial charge in [-0.1, -0.05) is 155 Å². The maximum absolute atomic E-state index is 12.5. The SMILES string of the molecule is CC/C=C\C/C=C\C/C=C\C/C=C\C/C=C\C/C=C\C/C=C\C/C=C\C/C=C\CCCC(=O)OC(COC(=O)CCCCCCCC)COP(=O)(O)OCCN. The van der Waals surface area contributed by atoms with Gasteiger partial charge in [0.2, 0.25) is 0 Å². The molecule has 0 aromatic carbocycles. The first kappa shape index (κ1) is 52.7. The molecule has 0 saturated heterocycles. The van der Waals surface area contributed by atoms with Crippen LogP contribution in [0.5, 0.6) is 0 Å². The van der Waals surface area contributed by atoms with E-state index in [9.17, 15) is 19.0 Å². The minimum absolute atomic E-state index is 0.0385. The van der Waals surface area contributed by atoms with Crippen LogP contribution in [-0.4, -0.2) is 49.3 Å². The lowest BCUT2D eigenvalue weighted by Crippen LogP contribution is -2.29. The van der Waals surface area contributed by atoms with Crippen LogP contribution in [0.4, 0.5) is 0 Å². The molecule has 0 amide bonds. The van der Waals surface area contributed by atoms with Crippen LogP contribution in [0, 0.1) is 0 Å². The summed E-state index contributed by atoms with van der Waals surface area (Å²) >= 11 is 0. The Bertz CT molecular complexity index is 1280. The van der Waals surface area contributed by atoms with Crippen LogP contribution in [0.25, 0.3) is 0 Å². The highest BCUT2D eigenvalue weighted by atomic mass is 31.2. The summed E-state index contributed by atoms with van der Waals surface area (Å²) in [6, 6.07) is 0. The van der Waals surface area contributed by atoms with Gasteiger partial charge in [0, 0.05) is 19.4 Å². The number of esters is 2. The van der Waals surface area contributed by atoms with E-state index in [1.54, 1.807) is 0 Å². The molecule has 0 spiro atoms. The Morgan fingerprint density at radius 2 is 0.982 bits per heavy atom. The van der Waals surface area contributed by atoms with E-state index in [0.717, 1.165) is 83.5 Å². The van der Waals surface area contributed by atoms with E-state index in [-0.39, 0.29) is 32.6 Å². The Morgan fingerprint density at radius 1 is 0.554 bits per heavy atom. The Kier molecular flexibility index (Phi) is 38.9. The van der Waals surface area contributed by atoms with Crippen LogP contribution in [0.1, 0.15) is 136 Å². The van der Waals surface area contributed by atoms with E-state index < -0.39 is 32.5 Å². The average Bonchev–Trinajstić information content (AvgIpc) is 3.18. The van der Waals surface area contributed by atoms with Crippen LogP contribution in [0.3, 0.4) is 0 Å². The number of allylic oxidation sites excluding steroid dienone is 18. The summed E-state index contributed by atoms with van der Waals surface area (Å²) in [5.74, 6) is -0.922. The fourth-order valence-corrected chi connectivity index (χ4v) is 5.63. The lowest BCUT2D eigenvalue weighted by molar-refractivity contribution is -0.161. The Morgan fingerprint density at radius 3 is 1.45 bits per heavy atom. The molecular weight excluding hydrogens is 725 g/mol. The molecule has 10 heteroatoms. The number of phosphoric ester groups is 1. The molecule has 56 heavy (non-hydrogen) atoms. The van der Waals surface area contributed by atoms with Gasteiger partial charge < -0.3 is 20.1 Å². The molecule has 0 fully saturated rings. The van der Waals surface area contributed by atoms with E-state index in [4.69, 9.17) is 24.3 Å². The molecule has 0 aliphatic heterocycles. The van der Waals surface area contributed by atoms with Crippen molar-refractivity contribution in [1.29, 1.82) is 0 Å². The summed E-state index contributed by atoms with van der Waals surface area (Å²) in [7, 11) is -4.39. The second-order valence-corrected chi connectivity index (χ2v) is 14.6. The van der Waals surface area contributed by atoms with E-state index >= 15 is 0 Å². The number of rotatable bonds is 37. The fraction of sp³-hybridized carbons (Fsp3) is 0.565. The zero-order valence-electron chi connectivity index (χ0n) is 34.6. The Hall–Kier alpha value is -3.33. The van der Waals surface area contributed by atoms with Crippen LogP contribution < -0.4 is 5.73 Å². The molecular formula is C46H74NO8P. The second-order valence-electron chi connectivity index (χ2n) is 13.1. The third-order valence-electron chi connectivity index (χ3n) is 7.92. The molecule has 0 rings (SSSR count). The van der Waals surface area contributed by atoms with Gasteiger partial charge in [-0.25, -0.2) is 4.57 Å². The predicted molar refractivity (Wildman–Crippen MR) is 233 cm³/mol. The molecule has 0 saturated carbocycles. The van der Waals surface area contributed by atoms with Crippen LogP contribution in [0.2, 0.25) is 0 Å². The normalized spacial score (nSPS) is 14.4. The summed E-state index contributed by atoms with van der Waals surface area (Å²) in [5.41, 5.74) is 5.32. The van der Waals surface area contributed by atoms with Crippen molar-refractivity contribution in [2.45, 2.75) is 142 Å². The minimum atomic E-state index is -4.39. The highest BCUT2D eigenvalue weighted by Gasteiger charge is 2.25. The third-order valence-corrected chi connectivity index (χ3v) is 8.91. The number of hydrogen-bond acceptors (Lipinski definition) is 8. The zero-order chi connectivity index (χ0) is 41.1. The van der Waals surface area contributed by atoms with Gasteiger partial charge in [-0.05, 0) is 77.0 Å². The highest BCUT2D eigenvalue weighted by molar-refractivity contribution is 7.47. The monoisotopic (exact) mass is 800 g/mol. The summed E-state index contributed by atoms with van der Waals surface area (Å²) in [4.78, 5) is 34.5. The van der Waals surface area contributed by atoms with Gasteiger partial charge in [0.05, 0.1) is 13.2 Å². The van der Waals surface area contributed by atoms with Crippen molar-refractivity contribution in [2.75, 3.05) is 26.4 Å². The van der Waals surface area contributed by atoms with Crippen molar-refractivity contribution in [3.05, 3.63) is 109 Å². The number of unbranched alkanes of at least 4 members (excludes halogenated alkanes) is 6. The first-order chi connectivity index (χ1) is 27.3. The molecule has 9 nitrogen and oxygen atoms in total. The topological polar surface area (TPSA) is 134 Å². The number of carbonyl (C=O) groups is 2. The van der Waals surface area contributed by atoms with Gasteiger partial charge in [-0.15, -0.1) is 0 Å². The first-order valence-corrected chi connectivity index (χ1v) is 22.4. The molecule has 0 bridgehead atoms. The summed E-state index contributed by atoms with van der Waals surface area (Å²) in [6.07, 6.45) is 54.6. The molecule has 0 heterocycles. The molecule has 2 unspecified atom stereocenters. The van der Waals surface area contributed by atoms with Crippen molar-refractivity contribution >= 4 is 19.8 Å². The molecule has 2 atom stereocenters. The number of nitrogens with two attached hydrogens (primary N) is 1. The molecule has 0 aliphatic rings. The van der Waals surface area contributed by atoms with Crippen LogP contribution in [-0.2, 0) is 32.7 Å². The summed E-state index contributed by atoms with van der Waals surface area (Å²) in [6.45, 7) is 3.43. The molecule has 0 aromatic rings. The van der Waals surface area contributed by atoms with Crippen molar-refractivity contribution in [3.63, 3.8) is 0 Å². The van der Waals surface area contributed by atoms with Gasteiger partial charge in [0.25, 0.3) is 0 Å². The largest absolute Gasteiger partial charge is 0.472 e. The number of phosphoric acid groups is 1. The summed E-state index contributed by atoms with van der Waals surface area (Å²) < 4.78 is 32.5. The lowest BCUT2D eigenvalue weighted by Gasteiger charge is -2.19. The van der Waals surface area contributed by atoms with Crippen molar-refractivity contribution in [3.8, 4) is 0 Å². The van der Waals surface area contributed by atoms with E-state index in [1.807, 2.05) is 6.08 Å². The lowest BCUT2D eigenvalue weighted by atomic mass is 10.1. The van der Waals surface area contributed by atoms with Crippen LogP contribution >= 0.6 is 7.82 Å². The molecule has 0 aromatic heterocycles. The number of ether oxygens (including phenoxy) is 2. The number of carbonyl (C=O) groups excluding carboxylic acids is 2. The van der Waals surface area contributed by atoms with Crippen molar-refractivity contribution in [1.82, 2.24) is 0 Å². The van der Waals surface area contributed by atoms with Crippen LogP contribution in [0.15, 0.2) is 109 Å². The molecule has 0 radical (unpaired) electrons. The molecule has 0 aliphatic carbocycles. The Balaban J connectivity index is 4.18. The smallest absolute Gasteiger partial charge is 0.462 e. The molecule has 3 N–H and O–H groups in total. The maximum atomic E-state index is 12.5. The zero-order valence-corrected chi connectivity index (χ0v) is 35.5. The fourth-order valence-electron chi connectivity index (χ4n) is 4.87. The quantitative estimate of drug-likeness (QED) is 0.0272.